The summed E-state index contributed by atoms with van der Waals surface area (Å²) in [6.45, 7) is 11.5. The van der Waals surface area contributed by atoms with Crippen molar-refractivity contribution in [2.75, 3.05) is 19.8 Å². The molecule has 0 radical (unpaired) electrons. The van der Waals surface area contributed by atoms with Crippen molar-refractivity contribution in [3.63, 3.8) is 0 Å². The van der Waals surface area contributed by atoms with Gasteiger partial charge in [0, 0.05) is 17.7 Å². The van der Waals surface area contributed by atoms with Crippen molar-refractivity contribution in [2.45, 2.75) is 60.0 Å². The summed E-state index contributed by atoms with van der Waals surface area (Å²) in [5.74, 6) is 1.56. The standard InChI is InChI=1S/C21H32O5/c1-6-11-23-18-14-17(9-10-20(22)26-16(4)5)21(25-13-8-3)19(15-18)24-12-7-2/h9-10,14-16H,6-8,11-13H2,1-5H3. The Kier molecular flexibility index (Phi) is 10.3. The Morgan fingerprint density at radius 1 is 0.962 bits per heavy atom. The van der Waals surface area contributed by atoms with Crippen molar-refractivity contribution in [1.82, 2.24) is 0 Å². The van der Waals surface area contributed by atoms with Gasteiger partial charge in [-0.05, 0) is 45.3 Å². The van der Waals surface area contributed by atoms with E-state index in [0.717, 1.165) is 24.8 Å². The molecule has 0 N–H and O–H groups in total. The van der Waals surface area contributed by atoms with Crippen LogP contribution in [0.3, 0.4) is 0 Å². The molecule has 0 aliphatic rings. The molecule has 0 bridgehead atoms. The molecule has 0 fully saturated rings. The molecule has 1 aromatic rings. The summed E-state index contributed by atoms with van der Waals surface area (Å²) in [6.07, 6.45) is 5.60. The Bertz CT molecular complexity index is 578. The number of rotatable bonds is 12. The lowest BCUT2D eigenvalue weighted by Gasteiger charge is -2.17. The fraction of sp³-hybridized carbons (Fsp3) is 0.571. The molecule has 0 aliphatic heterocycles. The maximum atomic E-state index is 11.9. The Labute approximate surface area is 157 Å². The molecule has 0 spiro atoms. The average Bonchev–Trinajstić information content (AvgIpc) is 2.61. The molecule has 1 aromatic carbocycles. The molecule has 0 saturated carbocycles. The van der Waals surface area contributed by atoms with E-state index < -0.39 is 5.97 Å². The Morgan fingerprint density at radius 2 is 1.58 bits per heavy atom. The highest BCUT2D eigenvalue weighted by molar-refractivity contribution is 5.88. The first kappa shape index (κ1) is 21.9. The summed E-state index contributed by atoms with van der Waals surface area (Å²) in [5.41, 5.74) is 0.735. The molecular weight excluding hydrogens is 332 g/mol. The number of hydrogen-bond acceptors (Lipinski definition) is 5. The largest absolute Gasteiger partial charge is 0.493 e. The van der Waals surface area contributed by atoms with Gasteiger partial charge in [-0.15, -0.1) is 0 Å². The van der Waals surface area contributed by atoms with E-state index in [1.807, 2.05) is 39.8 Å². The van der Waals surface area contributed by atoms with Gasteiger partial charge in [0.25, 0.3) is 0 Å². The molecule has 0 aromatic heterocycles. The molecule has 0 amide bonds. The van der Waals surface area contributed by atoms with Gasteiger partial charge < -0.3 is 18.9 Å². The molecule has 0 heterocycles. The van der Waals surface area contributed by atoms with Gasteiger partial charge in [0.15, 0.2) is 11.5 Å². The van der Waals surface area contributed by atoms with Gasteiger partial charge in [-0.2, -0.15) is 0 Å². The van der Waals surface area contributed by atoms with Crippen molar-refractivity contribution in [3.8, 4) is 17.2 Å². The van der Waals surface area contributed by atoms with Gasteiger partial charge >= 0.3 is 5.97 Å². The van der Waals surface area contributed by atoms with E-state index in [-0.39, 0.29) is 6.10 Å². The minimum Gasteiger partial charge on any atom is -0.493 e. The summed E-state index contributed by atoms with van der Waals surface area (Å²) in [4.78, 5) is 11.9. The first-order chi connectivity index (χ1) is 12.5. The predicted molar refractivity (Wildman–Crippen MR) is 104 cm³/mol. The number of hydrogen-bond donors (Lipinski definition) is 0. The molecule has 1 rings (SSSR count). The van der Waals surface area contributed by atoms with Gasteiger partial charge in [-0.25, -0.2) is 4.79 Å². The van der Waals surface area contributed by atoms with Crippen LogP contribution in [0.2, 0.25) is 0 Å². The van der Waals surface area contributed by atoms with Gasteiger partial charge in [0.2, 0.25) is 0 Å². The van der Waals surface area contributed by atoms with Crippen LogP contribution >= 0.6 is 0 Å². The number of carbonyl (C=O) groups excluding carboxylic acids is 1. The first-order valence-corrected chi connectivity index (χ1v) is 9.46. The molecule has 5 nitrogen and oxygen atoms in total. The smallest absolute Gasteiger partial charge is 0.331 e. The quantitative estimate of drug-likeness (QED) is 0.385. The monoisotopic (exact) mass is 364 g/mol. The second-order valence-corrected chi connectivity index (χ2v) is 6.20. The van der Waals surface area contributed by atoms with Gasteiger partial charge in [0.1, 0.15) is 5.75 Å². The van der Waals surface area contributed by atoms with E-state index in [4.69, 9.17) is 18.9 Å². The Morgan fingerprint density at radius 3 is 2.19 bits per heavy atom. The van der Waals surface area contributed by atoms with Crippen LogP contribution in [-0.4, -0.2) is 31.9 Å². The molecule has 0 aliphatic carbocycles. The van der Waals surface area contributed by atoms with Gasteiger partial charge in [0.05, 0.1) is 25.9 Å². The van der Waals surface area contributed by atoms with Crippen molar-refractivity contribution >= 4 is 12.0 Å². The van der Waals surface area contributed by atoms with Crippen molar-refractivity contribution < 1.29 is 23.7 Å². The average molecular weight is 364 g/mol. The minimum atomic E-state index is -0.391. The number of benzene rings is 1. The first-order valence-electron chi connectivity index (χ1n) is 9.46. The van der Waals surface area contributed by atoms with Crippen LogP contribution in [0.25, 0.3) is 6.08 Å². The zero-order valence-corrected chi connectivity index (χ0v) is 16.7. The summed E-state index contributed by atoms with van der Waals surface area (Å²) >= 11 is 0. The van der Waals surface area contributed by atoms with Crippen LogP contribution in [0.5, 0.6) is 17.2 Å². The summed E-state index contributed by atoms with van der Waals surface area (Å²) in [6, 6.07) is 3.71. The lowest BCUT2D eigenvalue weighted by atomic mass is 10.1. The van der Waals surface area contributed by atoms with Gasteiger partial charge in [-0.3, -0.25) is 0 Å². The molecule has 0 unspecified atom stereocenters. The maximum absolute atomic E-state index is 11.9. The van der Waals surface area contributed by atoms with E-state index >= 15 is 0 Å². The van der Waals surface area contributed by atoms with E-state index in [2.05, 4.69) is 6.92 Å². The number of esters is 1. The van der Waals surface area contributed by atoms with Gasteiger partial charge in [-0.1, -0.05) is 20.8 Å². The van der Waals surface area contributed by atoms with Crippen LogP contribution in [0, 0.1) is 0 Å². The number of ether oxygens (including phenoxy) is 4. The highest BCUT2D eigenvalue weighted by atomic mass is 16.5. The fourth-order valence-corrected chi connectivity index (χ4v) is 2.13. The van der Waals surface area contributed by atoms with E-state index in [1.165, 1.54) is 6.08 Å². The third kappa shape index (κ3) is 7.81. The van der Waals surface area contributed by atoms with Crippen molar-refractivity contribution in [3.05, 3.63) is 23.8 Å². The van der Waals surface area contributed by atoms with Crippen LogP contribution in [0.4, 0.5) is 0 Å². The molecular formula is C21H32O5. The Balaban J connectivity index is 3.21. The van der Waals surface area contributed by atoms with Crippen LogP contribution in [0.1, 0.15) is 59.4 Å². The second kappa shape index (κ2) is 12.2. The highest BCUT2D eigenvalue weighted by Crippen LogP contribution is 2.37. The predicted octanol–water partition coefficient (Wildman–Crippen LogP) is 5.02. The zero-order valence-electron chi connectivity index (χ0n) is 16.7. The maximum Gasteiger partial charge on any atom is 0.331 e. The third-order valence-electron chi connectivity index (χ3n) is 3.19. The number of carbonyl (C=O) groups is 1. The van der Waals surface area contributed by atoms with E-state index in [0.29, 0.717) is 37.1 Å². The van der Waals surface area contributed by atoms with Crippen LogP contribution in [-0.2, 0) is 9.53 Å². The molecule has 0 atom stereocenters. The van der Waals surface area contributed by atoms with Crippen molar-refractivity contribution in [2.24, 2.45) is 0 Å². The zero-order chi connectivity index (χ0) is 19.4. The lowest BCUT2D eigenvalue weighted by molar-refractivity contribution is -0.141. The molecule has 0 saturated heterocycles. The van der Waals surface area contributed by atoms with Crippen molar-refractivity contribution in [1.29, 1.82) is 0 Å². The molecule has 146 valence electrons. The topological polar surface area (TPSA) is 54.0 Å². The lowest BCUT2D eigenvalue weighted by Crippen LogP contribution is -2.08. The summed E-state index contributed by atoms with van der Waals surface area (Å²) in [5, 5.41) is 0. The minimum absolute atomic E-state index is 0.161. The van der Waals surface area contributed by atoms with E-state index in [9.17, 15) is 4.79 Å². The van der Waals surface area contributed by atoms with E-state index in [1.54, 1.807) is 6.08 Å². The van der Waals surface area contributed by atoms with Crippen LogP contribution in [0.15, 0.2) is 18.2 Å². The summed E-state index contributed by atoms with van der Waals surface area (Å²) in [7, 11) is 0. The second-order valence-electron chi connectivity index (χ2n) is 6.20. The fourth-order valence-electron chi connectivity index (χ4n) is 2.13. The SMILES string of the molecule is CCCOc1cc(C=CC(=O)OC(C)C)c(OCCC)c(OCCC)c1. The normalized spacial score (nSPS) is 11.0. The highest BCUT2D eigenvalue weighted by Gasteiger charge is 2.14. The third-order valence-corrected chi connectivity index (χ3v) is 3.19. The molecule has 5 heteroatoms. The summed E-state index contributed by atoms with van der Waals surface area (Å²) < 4.78 is 22.7. The molecule has 26 heavy (non-hydrogen) atoms. The Hall–Kier alpha value is -2.17. The van der Waals surface area contributed by atoms with Crippen LogP contribution < -0.4 is 14.2 Å².